The normalized spacial score (nSPS) is 26.6. The van der Waals surface area contributed by atoms with E-state index in [9.17, 15) is 4.79 Å². The van der Waals surface area contributed by atoms with Crippen molar-refractivity contribution in [2.24, 2.45) is 5.92 Å². The average Bonchev–Trinajstić information content (AvgIpc) is 2.98. The van der Waals surface area contributed by atoms with Crippen molar-refractivity contribution in [2.75, 3.05) is 6.61 Å². The van der Waals surface area contributed by atoms with Gasteiger partial charge in [0.15, 0.2) is 5.78 Å². The van der Waals surface area contributed by atoms with Gasteiger partial charge in [0.2, 0.25) is 0 Å². The maximum absolute atomic E-state index is 12.5. The molecule has 1 saturated heterocycles. The van der Waals surface area contributed by atoms with Crippen LogP contribution in [-0.4, -0.2) is 18.0 Å². The van der Waals surface area contributed by atoms with E-state index < -0.39 is 0 Å². The van der Waals surface area contributed by atoms with Gasteiger partial charge >= 0.3 is 0 Å². The minimum Gasteiger partial charge on any atom is -0.375 e. The van der Waals surface area contributed by atoms with E-state index in [1.54, 1.807) is 11.3 Å². The number of ether oxygens (including phenoxy) is 1. The minimum absolute atomic E-state index is 0.0301. The summed E-state index contributed by atoms with van der Waals surface area (Å²) in [5.41, 5.74) is 0.0301. The van der Waals surface area contributed by atoms with Gasteiger partial charge < -0.3 is 4.74 Å². The summed E-state index contributed by atoms with van der Waals surface area (Å²) in [5, 5.41) is 1.97. The Morgan fingerprint density at radius 3 is 2.89 bits per heavy atom. The molecule has 98 valence electrons. The molecule has 1 spiro atoms. The summed E-state index contributed by atoms with van der Waals surface area (Å²) in [6, 6.07) is 1.96. The van der Waals surface area contributed by atoms with Gasteiger partial charge in [-0.05, 0) is 53.1 Å². The third kappa shape index (κ3) is 2.30. The van der Waals surface area contributed by atoms with Crippen molar-refractivity contribution < 1.29 is 9.53 Å². The summed E-state index contributed by atoms with van der Waals surface area (Å²) in [6.45, 7) is 0.749. The molecule has 0 N–H and O–H groups in total. The lowest BCUT2D eigenvalue weighted by molar-refractivity contribution is -0.0866. The predicted octanol–water partition coefficient (Wildman–Crippen LogP) is 4.43. The van der Waals surface area contributed by atoms with E-state index >= 15 is 0 Å². The summed E-state index contributed by atoms with van der Waals surface area (Å²) >= 11 is 5.01. The number of halogens is 1. The van der Waals surface area contributed by atoms with Crippen molar-refractivity contribution >= 4 is 33.0 Å². The highest BCUT2D eigenvalue weighted by Crippen LogP contribution is 2.43. The lowest BCUT2D eigenvalue weighted by Crippen LogP contribution is -2.39. The molecular weight excluding hydrogens is 312 g/mol. The lowest BCUT2D eigenvalue weighted by atomic mass is 9.82. The largest absolute Gasteiger partial charge is 0.375 e. The highest BCUT2D eigenvalue weighted by molar-refractivity contribution is 9.10. The second kappa shape index (κ2) is 5.06. The van der Waals surface area contributed by atoms with E-state index in [4.69, 9.17) is 4.74 Å². The van der Waals surface area contributed by atoms with Crippen LogP contribution < -0.4 is 0 Å². The van der Waals surface area contributed by atoms with E-state index in [0.29, 0.717) is 5.78 Å². The third-order valence-electron chi connectivity index (χ3n) is 4.22. The molecule has 1 aromatic rings. The molecular formula is C14H17BrO2S. The molecule has 3 rings (SSSR count). The van der Waals surface area contributed by atoms with Gasteiger partial charge in [0.1, 0.15) is 0 Å². The maximum atomic E-state index is 12.5. The SMILES string of the molecule is O=C(c1sccc1Br)C1CCOC2(CCCC2)C1. The topological polar surface area (TPSA) is 26.3 Å². The first kappa shape index (κ1) is 12.8. The quantitative estimate of drug-likeness (QED) is 0.750. The molecule has 0 aromatic carbocycles. The van der Waals surface area contributed by atoms with Crippen LogP contribution in [0.25, 0.3) is 0 Å². The number of carbonyl (C=O) groups excluding carboxylic acids is 1. The minimum atomic E-state index is 0.0301. The Bertz CT molecular complexity index is 448. The third-order valence-corrected chi connectivity index (χ3v) is 6.07. The number of Topliss-reactive ketones (excluding diaryl/α,β-unsaturated/α-hetero) is 1. The van der Waals surface area contributed by atoms with Crippen LogP contribution in [0.1, 0.15) is 48.2 Å². The van der Waals surface area contributed by atoms with Crippen molar-refractivity contribution in [1.29, 1.82) is 0 Å². The standard InChI is InChI=1S/C14H17BrO2S/c15-11-4-8-18-13(11)12(16)10-3-7-17-14(9-10)5-1-2-6-14/h4,8,10H,1-3,5-7,9H2. The zero-order chi connectivity index (χ0) is 12.6. The predicted molar refractivity (Wildman–Crippen MR) is 76.2 cm³/mol. The second-order valence-corrected chi connectivity index (χ2v) is 7.16. The summed E-state index contributed by atoms with van der Waals surface area (Å²) in [5.74, 6) is 0.471. The summed E-state index contributed by atoms with van der Waals surface area (Å²) < 4.78 is 6.94. The second-order valence-electron chi connectivity index (χ2n) is 5.39. The highest BCUT2D eigenvalue weighted by atomic mass is 79.9. The van der Waals surface area contributed by atoms with Crippen molar-refractivity contribution in [3.05, 3.63) is 20.8 Å². The number of thiophene rings is 1. The molecule has 1 aromatic heterocycles. The molecule has 2 heterocycles. The number of hydrogen-bond acceptors (Lipinski definition) is 3. The molecule has 1 aliphatic heterocycles. The van der Waals surface area contributed by atoms with Crippen LogP contribution in [0.2, 0.25) is 0 Å². The zero-order valence-corrected chi connectivity index (χ0v) is 12.7. The van der Waals surface area contributed by atoms with Gasteiger partial charge in [0, 0.05) is 17.0 Å². The van der Waals surface area contributed by atoms with Gasteiger partial charge in [-0.15, -0.1) is 11.3 Å². The maximum Gasteiger partial charge on any atom is 0.177 e. The molecule has 1 aliphatic carbocycles. The molecule has 18 heavy (non-hydrogen) atoms. The van der Waals surface area contributed by atoms with Crippen molar-refractivity contribution in [3.63, 3.8) is 0 Å². The highest BCUT2D eigenvalue weighted by Gasteiger charge is 2.42. The molecule has 1 saturated carbocycles. The zero-order valence-electron chi connectivity index (χ0n) is 10.3. The van der Waals surface area contributed by atoms with E-state index in [-0.39, 0.29) is 11.5 Å². The molecule has 0 bridgehead atoms. The Morgan fingerprint density at radius 1 is 1.44 bits per heavy atom. The van der Waals surface area contributed by atoms with Crippen LogP contribution >= 0.6 is 27.3 Å². The average molecular weight is 329 g/mol. The summed E-state index contributed by atoms with van der Waals surface area (Å²) in [6.07, 6.45) is 6.60. The van der Waals surface area contributed by atoms with Crippen LogP contribution in [0.15, 0.2) is 15.9 Å². The number of hydrogen-bond donors (Lipinski definition) is 0. The van der Waals surface area contributed by atoms with E-state index in [1.165, 1.54) is 12.8 Å². The molecule has 2 aliphatic rings. The number of carbonyl (C=O) groups is 1. The molecule has 0 amide bonds. The van der Waals surface area contributed by atoms with Crippen molar-refractivity contribution in [1.82, 2.24) is 0 Å². The van der Waals surface area contributed by atoms with Gasteiger partial charge in [-0.1, -0.05) is 12.8 Å². The summed E-state index contributed by atoms with van der Waals surface area (Å²) in [4.78, 5) is 13.4. The van der Waals surface area contributed by atoms with Crippen LogP contribution in [-0.2, 0) is 4.74 Å². The van der Waals surface area contributed by atoms with Crippen molar-refractivity contribution in [2.45, 2.75) is 44.1 Å². The van der Waals surface area contributed by atoms with E-state index in [2.05, 4.69) is 15.9 Å². The van der Waals surface area contributed by atoms with E-state index in [1.807, 2.05) is 11.4 Å². The fourth-order valence-corrected chi connectivity index (χ4v) is 4.86. The molecule has 2 fully saturated rings. The van der Waals surface area contributed by atoms with Crippen LogP contribution in [0.5, 0.6) is 0 Å². The fourth-order valence-electron chi connectivity index (χ4n) is 3.27. The van der Waals surface area contributed by atoms with Gasteiger partial charge in [0.25, 0.3) is 0 Å². The summed E-state index contributed by atoms with van der Waals surface area (Å²) in [7, 11) is 0. The number of rotatable bonds is 2. The number of ketones is 1. The van der Waals surface area contributed by atoms with Gasteiger partial charge in [-0.3, -0.25) is 4.79 Å². The van der Waals surface area contributed by atoms with Gasteiger partial charge in [-0.2, -0.15) is 0 Å². The molecule has 1 atom stereocenters. The van der Waals surface area contributed by atoms with Crippen LogP contribution in [0.4, 0.5) is 0 Å². The van der Waals surface area contributed by atoms with Crippen LogP contribution in [0.3, 0.4) is 0 Å². The Balaban J connectivity index is 1.76. The molecule has 2 nitrogen and oxygen atoms in total. The first-order valence-corrected chi connectivity index (χ1v) is 8.29. The fraction of sp³-hybridized carbons (Fsp3) is 0.643. The van der Waals surface area contributed by atoms with Crippen molar-refractivity contribution in [3.8, 4) is 0 Å². The first-order chi connectivity index (χ1) is 8.70. The van der Waals surface area contributed by atoms with Gasteiger partial charge in [0.05, 0.1) is 10.5 Å². The van der Waals surface area contributed by atoms with Crippen LogP contribution in [0, 0.1) is 5.92 Å². The molecule has 4 heteroatoms. The monoisotopic (exact) mass is 328 g/mol. The smallest absolute Gasteiger partial charge is 0.177 e. The Morgan fingerprint density at radius 2 is 2.22 bits per heavy atom. The Labute approximate surface area is 120 Å². The van der Waals surface area contributed by atoms with E-state index in [0.717, 1.165) is 41.6 Å². The Kier molecular flexibility index (Phi) is 3.61. The van der Waals surface area contributed by atoms with Gasteiger partial charge in [-0.25, -0.2) is 0 Å². The Hall–Kier alpha value is -0.190. The lowest BCUT2D eigenvalue weighted by Gasteiger charge is -2.37. The first-order valence-electron chi connectivity index (χ1n) is 6.61. The molecule has 1 unspecified atom stereocenters. The molecule has 0 radical (unpaired) electrons.